The zero-order valence-corrected chi connectivity index (χ0v) is 64.2. The number of hydrogen-bond acceptors (Lipinski definition) is 18. The molecule has 5 atom stereocenters. The van der Waals surface area contributed by atoms with Crippen LogP contribution in [-0.2, 0) is 59.5 Å². The lowest BCUT2D eigenvalue weighted by molar-refractivity contribution is -0.133. The molecule has 1 aliphatic carbocycles. The number of rotatable bonds is 31. The molecule has 1 aromatic heterocycles. The van der Waals surface area contributed by atoms with Crippen LogP contribution in [-0.4, -0.2) is 155 Å². The minimum Gasteiger partial charge on any atom is -0.497 e. The molecule has 1 spiro atoms. The first-order valence-electron chi connectivity index (χ1n) is 38.5. The molecule has 2 fully saturated rings. The van der Waals surface area contributed by atoms with Gasteiger partial charge in [0.05, 0.1) is 82.3 Å². The number of nitrogens with one attached hydrogen (secondary N) is 2. The number of Topliss-reactive ketones (excluding diaryl/α,β-unsaturated/α-hetero) is 3. The molecule has 25 nitrogen and oxygen atoms in total. The summed E-state index contributed by atoms with van der Waals surface area (Å²) in [5.41, 5.74) is 9.71. The number of ketones is 3. The van der Waals surface area contributed by atoms with Gasteiger partial charge in [0.25, 0.3) is 11.8 Å². The van der Waals surface area contributed by atoms with Gasteiger partial charge < -0.3 is 58.9 Å². The van der Waals surface area contributed by atoms with Gasteiger partial charge in [-0.15, -0.1) is 5.10 Å². The van der Waals surface area contributed by atoms with Crippen LogP contribution in [0.25, 0.3) is 28.1 Å². The third-order valence-electron chi connectivity index (χ3n) is 22.3. The number of ether oxygens (including phenoxy) is 6. The number of para-hydroxylation sites is 1. The Morgan fingerprint density at radius 3 is 2.05 bits per heavy atom. The van der Waals surface area contributed by atoms with E-state index >= 15 is 0 Å². The van der Waals surface area contributed by atoms with Crippen molar-refractivity contribution in [3.8, 4) is 51.3 Å². The zero-order chi connectivity index (χ0) is 78.4. The van der Waals surface area contributed by atoms with Gasteiger partial charge >= 0.3 is 6.09 Å². The Balaban J connectivity index is 0.557. The van der Waals surface area contributed by atoms with E-state index in [4.69, 9.17) is 28.4 Å². The number of carbonyl (C=O) groups is 9. The predicted molar refractivity (Wildman–Crippen MR) is 414 cm³/mol. The Labute approximate surface area is 645 Å². The third-order valence-corrected chi connectivity index (χ3v) is 22.3. The third kappa shape index (κ3) is 17.2. The number of methoxy groups -OCH3 is 3. The van der Waals surface area contributed by atoms with Gasteiger partial charge in [-0.2, -0.15) is 0 Å². The second-order valence-corrected chi connectivity index (χ2v) is 30.6. The van der Waals surface area contributed by atoms with Gasteiger partial charge in [-0.25, -0.2) is 14.4 Å². The quantitative estimate of drug-likeness (QED) is 0.0340. The van der Waals surface area contributed by atoms with Crippen molar-refractivity contribution in [1.29, 1.82) is 0 Å². The lowest BCUT2D eigenvalue weighted by atomic mass is 9.89. The van der Waals surface area contributed by atoms with E-state index in [0.29, 0.717) is 79.1 Å². The standard InChI is InChI=1S/C86H97N9O16/c1-51(2)66(41-62(97)46-87-77(99)32-28-61(96)29-33-78(100)92-47-58-16-10-11-17-64(58)79-80(95(52(3)4)90-89-79)65-18-12-13-19-69(65)92)81(101)88-53(5)72(98)38-54-20-22-55(23-21-54)49-111-85(105)94-70-44-76(74(108-8)43-68(70)83(103)93-50-86(34-35-86)45-71(93)84(94)104)110-37-15-9-14-36-109-75-40-57-24-27-60-39-59(56-25-30-63(106-6)31-26-56)48-91(60)82(102)67(57)42-73(75)107-7/h10-13,16-23,25-26,30-31,40,42-44,48,51-53,60,66,71,84,104H,9,14-15,24,27-29,32-39,41,45-47,49-50H2,1-8H3,(H,87,99)(H,88,101)/t53-,60+,66-,71-,84?/m0/s1. The molecule has 111 heavy (non-hydrogen) atoms. The SMILES string of the molecule is COc1ccc(C2=CN3C(=O)c4cc(OC)c(OCCCCCOc5cc6c(cc5OC)C(=O)N5CC7(CC7)C[C@H]5C(O)N6C(=O)OCc5ccc(CC(=O)[C@H](C)NC(=O)[C@@H](CC(=O)CNC(=O)CCC(=O)CCC(=O)N6Cc7ccccc7-c7nnn(C(C)C)c7-c7ccccc76)C(C)C)cc5)cc4CC[C@@H]3C2)cc1. The van der Waals surface area contributed by atoms with E-state index in [9.17, 15) is 48.3 Å². The molecule has 3 N–H and O–H groups in total. The second kappa shape index (κ2) is 34.0. The Bertz CT molecular complexity index is 4740. The summed E-state index contributed by atoms with van der Waals surface area (Å²) < 4.78 is 37.3. The second-order valence-electron chi connectivity index (χ2n) is 30.6. The molecule has 1 saturated carbocycles. The van der Waals surface area contributed by atoms with Crippen molar-refractivity contribution < 1.29 is 76.7 Å². The monoisotopic (exact) mass is 1510 g/mol. The summed E-state index contributed by atoms with van der Waals surface area (Å²) in [6, 6.07) is 35.2. The van der Waals surface area contributed by atoms with E-state index in [1.54, 1.807) is 87.3 Å². The maximum Gasteiger partial charge on any atom is 0.416 e. The number of amides is 6. The van der Waals surface area contributed by atoms with Crippen LogP contribution in [0.3, 0.4) is 0 Å². The fourth-order valence-electron chi connectivity index (χ4n) is 15.7. The number of aliphatic hydroxyl groups excluding tert-OH is 1. The Morgan fingerprint density at radius 1 is 0.676 bits per heavy atom. The van der Waals surface area contributed by atoms with Crippen LogP contribution in [0.2, 0.25) is 0 Å². The zero-order valence-electron chi connectivity index (χ0n) is 64.2. The summed E-state index contributed by atoms with van der Waals surface area (Å²) in [6.45, 7) is 9.90. The highest BCUT2D eigenvalue weighted by atomic mass is 16.6. The summed E-state index contributed by atoms with van der Waals surface area (Å²) >= 11 is 0. The van der Waals surface area contributed by atoms with E-state index < -0.39 is 47.9 Å². The number of unbranched alkanes of at least 4 members (excludes halogenated alkanes) is 2. The van der Waals surface area contributed by atoms with Crippen LogP contribution in [0.15, 0.2) is 128 Å². The van der Waals surface area contributed by atoms with Crippen LogP contribution >= 0.6 is 0 Å². The van der Waals surface area contributed by atoms with Gasteiger partial charge in [0.15, 0.2) is 40.8 Å². The lowest BCUT2D eigenvalue weighted by Crippen LogP contribution is -2.50. The number of benzene rings is 6. The van der Waals surface area contributed by atoms with Crippen molar-refractivity contribution in [1.82, 2.24) is 35.4 Å². The van der Waals surface area contributed by atoms with Gasteiger partial charge in [-0.3, -0.25) is 38.4 Å². The fraction of sp³-hybridized carbons (Fsp3) is 0.430. The Hall–Kier alpha value is -11.2. The molecule has 582 valence electrons. The molecule has 6 amide bonds. The molecule has 0 bridgehead atoms. The summed E-state index contributed by atoms with van der Waals surface area (Å²) in [7, 11) is 4.67. The molecule has 6 aromatic carbocycles. The smallest absolute Gasteiger partial charge is 0.416 e. The van der Waals surface area contributed by atoms with Gasteiger partial charge in [-0.1, -0.05) is 97.9 Å². The van der Waals surface area contributed by atoms with E-state index in [1.165, 1.54) is 7.11 Å². The largest absolute Gasteiger partial charge is 0.497 e. The van der Waals surface area contributed by atoms with Gasteiger partial charge in [0.1, 0.15) is 23.8 Å². The molecule has 1 unspecified atom stereocenters. The van der Waals surface area contributed by atoms with Gasteiger partial charge in [0, 0.05) is 92.0 Å². The number of aliphatic hydroxyl groups is 1. The van der Waals surface area contributed by atoms with Crippen molar-refractivity contribution in [2.45, 2.75) is 174 Å². The van der Waals surface area contributed by atoms with Crippen LogP contribution in [0.4, 0.5) is 16.2 Å². The molecular weight excluding hydrogens is 1410 g/mol. The first kappa shape index (κ1) is 77.9. The maximum absolute atomic E-state index is 14.5. The molecule has 6 heterocycles. The van der Waals surface area contributed by atoms with Gasteiger partial charge in [-0.05, 0) is 160 Å². The lowest BCUT2D eigenvalue weighted by Gasteiger charge is -2.31. The number of aryl methyl sites for hydroxylation is 1. The molecule has 13 rings (SSSR count). The molecule has 0 radical (unpaired) electrons. The highest BCUT2D eigenvalue weighted by molar-refractivity contribution is 6.07. The minimum atomic E-state index is -1.46. The van der Waals surface area contributed by atoms with Crippen LogP contribution < -0.4 is 44.1 Å². The number of nitrogens with zero attached hydrogens (tertiary/aromatic N) is 7. The summed E-state index contributed by atoms with van der Waals surface area (Å²) in [6.07, 6.45) is 5.39. The van der Waals surface area contributed by atoms with Crippen molar-refractivity contribution >= 4 is 69.9 Å². The number of fused-ring (bicyclic) bond motifs is 9. The average molecular weight is 1510 g/mol. The Morgan fingerprint density at radius 2 is 1.35 bits per heavy atom. The highest BCUT2D eigenvalue weighted by Crippen LogP contribution is 2.57. The number of carbonyl (C=O) groups excluding carboxylic acids is 9. The number of hydrogen-bond donors (Lipinski definition) is 3. The molecule has 1 saturated heterocycles. The van der Waals surface area contributed by atoms with Gasteiger partial charge in [0.2, 0.25) is 17.7 Å². The highest BCUT2D eigenvalue weighted by Gasteiger charge is 2.58. The van der Waals surface area contributed by atoms with Crippen molar-refractivity contribution in [2.75, 3.05) is 57.4 Å². The van der Waals surface area contributed by atoms with Crippen molar-refractivity contribution in [2.24, 2.45) is 17.3 Å². The van der Waals surface area contributed by atoms with E-state index in [1.807, 2.05) is 108 Å². The normalized spacial score (nSPS) is 17.6. The van der Waals surface area contributed by atoms with E-state index in [-0.39, 0.29) is 140 Å². The Kier molecular flexibility index (Phi) is 23.8. The first-order valence-corrected chi connectivity index (χ1v) is 38.5. The molecular formula is C86H97N9O16. The molecule has 6 aliphatic rings. The van der Waals surface area contributed by atoms with Crippen molar-refractivity contribution in [3.63, 3.8) is 0 Å². The summed E-state index contributed by atoms with van der Waals surface area (Å²) in [5, 5.41) is 26.6. The van der Waals surface area contributed by atoms with Crippen molar-refractivity contribution in [3.05, 3.63) is 166 Å². The molecule has 5 aliphatic heterocycles. The summed E-state index contributed by atoms with van der Waals surface area (Å²) in [4.78, 5) is 130. The number of anilines is 2. The fourth-order valence-corrected chi connectivity index (χ4v) is 15.7. The van der Waals surface area contributed by atoms with E-state index in [2.05, 4.69) is 20.9 Å². The molecule has 25 heteroatoms. The topological polar surface area (TPSA) is 297 Å². The average Bonchev–Trinajstić information content (AvgIpc) is 1.58. The molecule has 7 aromatic rings. The first-order chi connectivity index (χ1) is 53.5. The minimum absolute atomic E-state index is 0.0143. The predicted octanol–water partition coefficient (Wildman–Crippen LogP) is 12.2. The van der Waals surface area contributed by atoms with Crippen LogP contribution in [0.1, 0.15) is 173 Å². The summed E-state index contributed by atoms with van der Waals surface area (Å²) in [5.74, 6) is -1.48. The van der Waals surface area contributed by atoms with Crippen LogP contribution in [0, 0.1) is 17.3 Å². The van der Waals surface area contributed by atoms with E-state index in [0.717, 1.165) is 81.1 Å². The van der Waals surface area contributed by atoms with Crippen LogP contribution in [0.5, 0.6) is 28.7 Å². The number of aromatic nitrogens is 3. The maximum atomic E-state index is 14.5.